The lowest BCUT2D eigenvalue weighted by molar-refractivity contribution is -0.136. The minimum atomic E-state index is -0.0290. The molecule has 0 aromatic rings. The Morgan fingerprint density at radius 2 is 1.75 bits per heavy atom. The average Bonchev–Trinajstić information content (AvgIpc) is 2.29. The van der Waals surface area contributed by atoms with Gasteiger partial charge < -0.3 is 20.1 Å². The zero-order chi connectivity index (χ0) is 12.4. The summed E-state index contributed by atoms with van der Waals surface area (Å²) in [5, 5.41) is 0. The Kier molecular flexibility index (Phi) is 9.18. The van der Waals surface area contributed by atoms with Crippen molar-refractivity contribution in [2.45, 2.75) is 13.3 Å². The van der Waals surface area contributed by atoms with Crippen LogP contribution in [0.2, 0.25) is 0 Å². The Bertz CT molecular complexity index is 180. The molecule has 1 atom stereocenters. The second-order valence-corrected chi connectivity index (χ2v) is 3.79. The normalized spacial score (nSPS) is 12.5. The number of ether oxygens (including phenoxy) is 2. The quantitative estimate of drug-likeness (QED) is 0.612. The summed E-state index contributed by atoms with van der Waals surface area (Å²) in [7, 11) is 3.25. The zero-order valence-electron chi connectivity index (χ0n) is 10.6. The van der Waals surface area contributed by atoms with Gasteiger partial charge in [0.05, 0.1) is 13.2 Å². The summed E-state index contributed by atoms with van der Waals surface area (Å²) in [4.78, 5) is 13.8. The van der Waals surface area contributed by atoms with Crippen molar-refractivity contribution in [2.24, 2.45) is 11.7 Å². The van der Waals surface area contributed by atoms with E-state index in [0.29, 0.717) is 32.8 Å². The third-order valence-corrected chi connectivity index (χ3v) is 2.46. The van der Waals surface area contributed by atoms with E-state index in [0.717, 1.165) is 6.42 Å². The first-order valence-corrected chi connectivity index (χ1v) is 5.64. The van der Waals surface area contributed by atoms with Crippen molar-refractivity contribution in [2.75, 3.05) is 47.1 Å². The van der Waals surface area contributed by atoms with Crippen LogP contribution in [-0.2, 0) is 14.3 Å². The molecule has 0 rings (SSSR count). The maximum atomic E-state index is 12.0. The summed E-state index contributed by atoms with van der Waals surface area (Å²) in [6, 6.07) is 0. The van der Waals surface area contributed by atoms with Gasteiger partial charge in [-0.1, -0.05) is 6.92 Å². The molecule has 16 heavy (non-hydrogen) atoms. The molecule has 0 aliphatic carbocycles. The van der Waals surface area contributed by atoms with Crippen LogP contribution in [0.25, 0.3) is 0 Å². The maximum absolute atomic E-state index is 12.0. The zero-order valence-corrected chi connectivity index (χ0v) is 10.6. The molecule has 0 fully saturated rings. The summed E-state index contributed by atoms with van der Waals surface area (Å²) in [5.41, 5.74) is 5.45. The highest BCUT2D eigenvalue weighted by Gasteiger charge is 2.19. The number of rotatable bonds is 9. The molecule has 5 heteroatoms. The monoisotopic (exact) mass is 232 g/mol. The summed E-state index contributed by atoms with van der Waals surface area (Å²) in [6.07, 6.45) is 0.718. The smallest absolute Gasteiger partial charge is 0.225 e. The number of hydrogen-bond acceptors (Lipinski definition) is 4. The fourth-order valence-electron chi connectivity index (χ4n) is 1.42. The highest BCUT2D eigenvalue weighted by molar-refractivity contribution is 5.78. The standard InChI is InChI=1S/C11H24N2O3/c1-10(4-5-12)11(14)13(6-8-15-2)7-9-16-3/h10H,4-9,12H2,1-3H3. The molecule has 1 amide bonds. The van der Waals surface area contributed by atoms with Gasteiger partial charge in [-0.3, -0.25) is 4.79 Å². The van der Waals surface area contributed by atoms with Crippen molar-refractivity contribution in [3.05, 3.63) is 0 Å². The molecule has 96 valence electrons. The van der Waals surface area contributed by atoms with Gasteiger partial charge in [0.15, 0.2) is 0 Å². The first-order chi connectivity index (χ1) is 7.67. The van der Waals surface area contributed by atoms with Crippen molar-refractivity contribution < 1.29 is 14.3 Å². The van der Waals surface area contributed by atoms with Crippen LogP contribution in [0.15, 0.2) is 0 Å². The lowest BCUT2D eigenvalue weighted by Gasteiger charge is -2.25. The molecule has 0 aliphatic heterocycles. The molecule has 0 bridgehead atoms. The van der Waals surface area contributed by atoms with Gasteiger partial charge in [0.1, 0.15) is 0 Å². The Morgan fingerprint density at radius 3 is 2.12 bits per heavy atom. The summed E-state index contributed by atoms with van der Waals surface area (Å²) in [6.45, 7) is 4.74. The highest BCUT2D eigenvalue weighted by Crippen LogP contribution is 2.06. The number of carbonyl (C=O) groups is 1. The number of hydrogen-bond donors (Lipinski definition) is 1. The first-order valence-electron chi connectivity index (χ1n) is 5.64. The SMILES string of the molecule is COCCN(CCOC)C(=O)C(C)CCN. The van der Waals surface area contributed by atoms with Gasteiger partial charge in [0.25, 0.3) is 0 Å². The Hall–Kier alpha value is -0.650. The maximum Gasteiger partial charge on any atom is 0.225 e. The van der Waals surface area contributed by atoms with Crippen molar-refractivity contribution in [3.63, 3.8) is 0 Å². The summed E-state index contributed by atoms with van der Waals surface area (Å²) >= 11 is 0. The van der Waals surface area contributed by atoms with Gasteiger partial charge >= 0.3 is 0 Å². The molecule has 0 spiro atoms. The minimum Gasteiger partial charge on any atom is -0.383 e. The number of methoxy groups -OCH3 is 2. The predicted octanol–water partition coefficient (Wildman–Crippen LogP) is 0.0927. The van der Waals surface area contributed by atoms with E-state index in [4.69, 9.17) is 15.2 Å². The van der Waals surface area contributed by atoms with E-state index in [2.05, 4.69) is 0 Å². The van der Waals surface area contributed by atoms with E-state index in [-0.39, 0.29) is 11.8 Å². The molecule has 1 unspecified atom stereocenters. The van der Waals surface area contributed by atoms with Gasteiger partial charge in [-0.2, -0.15) is 0 Å². The lowest BCUT2D eigenvalue weighted by atomic mass is 10.1. The molecular formula is C11H24N2O3. The molecule has 0 radical (unpaired) electrons. The largest absolute Gasteiger partial charge is 0.383 e. The van der Waals surface area contributed by atoms with Crippen LogP contribution >= 0.6 is 0 Å². The second kappa shape index (κ2) is 9.57. The van der Waals surface area contributed by atoms with Crippen LogP contribution in [0.4, 0.5) is 0 Å². The van der Waals surface area contributed by atoms with Crippen molar-refractivity contribution in [1.29, 1.82) is 0 Å². The van der Waals surface area contributed by atoms with E-state index in [1.54, 1.807) is 19.1 Å². The lowest BCUT2D eigenvalue weighted by Crippen LogP contribution is -2.40. The van der Waals surface area contributed by atoms with Gasteiger partial charge in [-0.15, -0.1) is 0 Å². The number of amides is 1. The van der Waals surface area contributed by atoms with Gasteiger partial charge in [0, 0.05) is 33.2 Å². The fourth-order valence-corrected chi connectivity index (χ4v) is 1.42. The van der Waals surface area contributed by atoms with Crippen LogP contribution in [0.3, 0.4) is 0 Å². The molecular weight excluding hydrogens is 208 g/mol. The summed E-state index contributed by atoms with van der Waals surface area (Å²) < 4.78 is 9.97. The highest BCUT2D eigenvalue weighted by atomic mass is 16.5. The second-order valence-electron chi connectivity index (χ2n) is 3.79. The Labute approximate surface area is 97.9 Å². The van der Waals surface area contributed by atoms with Gasteiger partial charge in [-0.05, 0) is 13.0 Å². The van der Waals surface area contributed by atoms with E-state index >= 15 is 0 Å². The molecule has 0 heterocycles. The fraction of sp³-hybridized carbons (Fsp3) is 0.909. The van der Waals surface area contributed by atoms with Crippen LogP contribution in [-0.4, -0.2) is 57.9 Å². The number of carbonyl (C=O) groups excluding carboxylic acids is 1. The van der Waals surface area contributed by atoms with Gasteiger partial charge in [-0.25, -0.2) is 0 Å². The van der Waals surface area contributed by atoms with Gasteiger partial charge in [0.2, 0.25) is 5.91 Å². The van der Waals surface area contributed by atoms with Crippen LogP contribution in [0.5, 0.6) is 0 Å². The third kappa shape index (κ3) is 6.05. The third-order valence-electron chi connectivity index (χ3n) is 2.46. The average molecular weight is 232 g/mol. The van der Waals surface area contributed by atoms with Crippen molar-refractivity contribution in [3.8, 4) is 0 Å². The van der Waals surface area contributed by atoms with E-state index < -0.39 is 0 Å². The molecule has 5 nitrogen and oxygen atoms in total. The minimum absolute atomic E-state index is 0.0290. The molecule has 0 aromatic heterocycles. The van der Waals surface area contributed by atoms with Crippen LogP contribution in [0, 0.1) is 5.92 Å². The van der Waals surface area contributed by atoms with Crippen molar-refractivity contribution >= 4 is 5.91 Å². The number of nitrogens with two attached hydrogens (primary N) is 1. The number of nitrogens with zero attached hydrogens (tertiary/aromatic N) is 1. The molecule has 0 saturated heterocycles. The molecule has 2 N–H and O–H groups in total. The summed E-state index contributed by atoms with van der Waals surface area (Å²) in [5.74, 6) is 0.0956. The van der Waals surface area contributed by atoms with Crippen molar-refractivity contribution in [1.82, 2.24) is 4.90 Å². The Balaban J connectivity index is 4.18. The molecule has 0 aliphatic rings. The predicted molar refractivity (Wildman–Crippen MR) is 63.2 cm³/mol. The van der Waals surface area contributed by atoms with E-state index in [1.807, 2.05) is 6.92 Å². The van der Waals surface area contributed by atoms with E-state index in [9.17, 15) is 4.79 Å². The Morgan fingerprint density at radius 1 is 1.25 bits per heavy atom. The van der Waals surface area contributed by atoms with Crippen LogP contribution in [0.1, 0.15) is 13.3 Å². The first kappa shape index (κ1) is 15.3. The molecule has 0 saturated carbocycles. The topological polar surface area (TPSA) is 64.8 Å². The van der Waals surface area contributed by atoms with E-state index in [1.165, 1.54) is 0 Å². The molecule has 0 aromatic carbocycles. The van der Waals surface area contributed by atoms with Crippen LogP contribution < -0.4 is 5.73 Å².